The summed E-state index contributed by atoms with van der Waals surface area (Å²) >= 11 is 0. The van der Waals surface area contributed by atoms with Crippen LogP contribution in [0, 0.1) is 6.92 Å². The summed E-state index contributed by atoms with van der Waals surface area (Å²) in [5, 5.41) is 7.23. The summed E-state index contributed by atoms with van der Waals surface area (Å²) in [6.45, 7) is 4.24. The average Bonchev–Trinajstić information content (AvgIpc) is 2.94. The van der Waals surface area contributed by atoms with Crippen molar-refractivity contribution in [2.24, 2.45) is 0 Å². The van der Waals surface area contributed by atoms with Crippen molar-refractivity contribution in [1.82, 2.24) is 10.6 Å². The molecule has 0 amide bonds. The van der Waals surface area contributed by atoms with E-state index in [0.717, 1.165) is 48.8 Å². The quantitative estimate of drug-likeness (QED) is 0.775. The molecule has 3 aliphatic rings. The molecular weight excluding hydrogens is 380 g/mol. The number of hydrogen-bond donors (Lipinski definition) is 2. The van der Waals surface area contributed by atoms with Crippen molar-refractivity contribution in [3.63, 3.8) is 0 Å². The van der Waals surface area contributed by atoms with Gasteiger partial charge in [0, 0.05) is 18.6 Å². The van der Waals surface area contributed by atoms with Crippen molar-refractivity contribution in [3.8, 4) is 11.5 Å². The lowest BCUT2D eigenvalue weighted by Gasteiger charge is -2.30. The van der Waals surface area contributed by atoms with Gasteiger partial charge in [0.15, 0.2) is 23.0 Å². The molecule has 2 aliphatic heterocycles. The molecule has 2 bridgehead atoms. The first-order valence-corrected chi connectivity index (χ1v) is 10.6. The van der Waals surface area contributed by atoms with Crippen LogP contribution in [-0.4, -0.2) is 53.1 Å². The maximum absolute atomic E-state index is 5.83. The van der Waals surface area contributed by atoms with Crippen molar-refractivity contribution in [1.29, 1.82) is 0 Å². The highest BCUT2D eigenvalue weighted by molar-refractivity contribution is 5.49. The first-order chi connectivity index (χ1) is 14.6. The molecule has 1 aromatic carbocycles. The molecule has 162 valence electrons. The molecule has 30 heavy (non-hydrogen) atoms. The Morgan fingerprint density at radius 3 is 2.47 bits per heavy atom. The summed E-state index contributed by atoms with van der Waals surface area (Å²) in [4.78, 5) is 0. The van der Waals surface area contributed by atoms with Gasteiger partial charge in [-0.3, -0.25) is 0 Å². The predicted octanol–water partition coefficient (Wildman–Crippen LogP) is 3.02. The summed E-state index contributed by atoms with van der Waals surface area (Å²) in [5.41, 5.74) is 5.16. The minimum absolute atomic E-state index is 0.187. The van der Waals surface area contributed by atoms with Gasteiger partial charge < -0.3 is 29.6 Å². The van der Waals surface area contributed by atoms with Crippen molar-refractivity contribution in [2.75, 3.05) is 41.0 Å². The van der Waals surface area contributed by atoms with E-state index >= 15 is 0 Å². The van der Waals surface area contributed by atoms with Gasteiger partial charge in [0.1, 0.15) is 13.2 Å². The minimum atomic E-state index is 0.187. The van der Waals surface area contributed by atoms with E-state index in [0.29, 0.717) is 19.3 Å². The molecule has 1 fully saturated rings. The van der Waals surface area contributed by atoms with Gasteiger partial charge in [-0.25, -0.2) is 0 Å². The third-order valence-electron chi connectivity index (χ3n) is 6.17. The fourth-order valence-electron chi connectivity index (χ4n) is 4.42. The zero-order valence-corrected chi connectivity index (χ0v) is 18.3. The molecular formula is C24H32N2O4. The first-order valence-electron chi connectivity index (χ1n) is 10.6. The molecule has 6 nitrogen and oxygen atoms in total. The van der Waals surface area contributed by atoms with Gasteiger partial charge in [-0.1, -0.05) is 5.57 Å². The van der Waals surface area contributed by atoms with Gasteiger partial charge in [-0.2, -0.15) is 0 Å². The van der Waals surface area contributed by atoms with Crippen LogP contribution in [0.25, 0.3) is 0 Å². The van der Waals surface area contributed by atoms with Gasteiger partial charge in [0.25, 0.3) is 0 Å². The van der Waals surface area contributed by atoms with E-state index in [2.05, 4.69) is 41.8 Å². The van der Waals surface area contributed by atoms with Crippen molar-refractivity contribution in [3.05, 3.63) is 58.1 Å². The van der Waals surface area contributed by atoms with Crippen LogP contribution in [0.5, 0.6) is 11.5 Å². The number of ether oxygens (including phenoxy) is 4. The Kier molecular flexibility index (Phi) is 6.35. The maximum atomic E-state index is 5.83. The highest BCUT2D eigenvalue weighted by atomic mass is 16.6. The van der Waals surface area contributed by atoms with Crippen LogP contribution < -0.4 is 20.1 Å². The van der Waals surface area contributed by atoms with E-state index in [4.69, 9.17) is 18.9 Å². The van der Waals surface area contributed by atoms with Crippen molar-refractivity contribution in [2.45, 2.75) is 38.3 Å². The Hall–Kier alpha value is -2.44. The van der Waals surface area contributed by atoms with Crippen LogP contribution in [0.4, 0.5) is 0 Å². The molecule has 2 N–H and O–H groups in total. The fraction of sp³-hybridized carbons (Fsp3) is 0.500. The molecule has 6 heteroatoms. The first kappa shape index (κ1) is 20.8. The monoisotopic (exact) mass is 412 g/mol. The van der Waals surface area contributed by atoms with Gasteiger partial charge in [-0.15, -0.1) is 0 Å². The van der Waals surface area contributed by atoms with Crippen LogP contribution in [-0.2, 0) is 15.9 Å². The van der Waals surface area contributed by atoms with Crippen LogP contribution in [0.15, 0.2) is 46.9 Å². The van der Waals surface area contributed by atoms with E-state index in [-0.39, 0.29) is 6.04 Å². The number of methoxy groups -OCH3 is 2. The molecule has 0 radical (unpaired) electrons. The molecule has 0 saturated carbocycles. The summed E-state index contributed by atoms with van der Waals surface area (Å²) in [7, 11) is 5.42. The number of benzene rings is 1. The van der Waals surface area contributed by atoms with E-state index in [9.17, 15) is 0 Å². The molecule has 4 rings (SSSR count). The van der Waals surface area contributed by atoms with Gasteiger partial charge in [0.05, 0.1) is 14.2 Å². The predicted molar refractivity (Wildman–Crippen MR) is 117 cm³/mol. The van der Waals surface area contributed by atoms with Crippen molar-refractivity contribution >= 4 is 0 Å². The lowest BCUT2D eigenvalue weighted by atomic mass is 9.88. The molecule has 2 heterocycles. The number of hydrogen-bond acceptors (Lipinski definition) is 6. The highest BCUT2D eigenvalue weighted by Crippen LogP contribution is 2.35. The molecule has 0 spiro atoms. The topological polar surface area (TPSA) is 61.0 Å². The van der Waals surface area contributed by atoms with Crippen LogP contribution in [0.1, 0.15) is 24.0 Å². The van der Waals surface area contributed by atoms with Gasteiger partial charge >= 0.3 is 0 Å². The standard InChI is InChI=1S/C24H32N2O4/c1-15-7-23-24(30-6-5-29-23)12-17(15)11-20-18-8-16(9-19(25-2)14-26-20)10-21(27-3)22(13-18)28-4/h7,10,12-13,19-20,25-26H,5-6,8-9,11,14H2,1-4H3. The minimum Gasteiger partial charge on any atom is -0.493 e. The van der Waals surface area contributed by atoms with Crippen molar-refractivity contribution < 1.29 is 18.9 Å². The number of allylic oxidation sites excluding steroid dienone is 2. The van der Waals surface area contributed by atoms with Gasteiger partial charge in [0.2, 0.25) is 0 Å². The van der Waals surface area contributed by atoms with E-state index < -0.39 is 0 Å². The molecule has 2 unspecified atom stereocenters. The number of nitrogens with one attached hydrogen (secondary N) is 2. The third-order valence-corrected chi connectivity index (χ3v) is 6.17. The average molecular weight is 413 g/mol. The lowest BCUT2D eigenvalue weighted by molar-refractivity contribution is 0.171. The van der Waals surface area contributed by atoms with Gasteiger partial charge in [-0.05, 0) is 74.2 Å². The summed E-state index contributed by atoms with van der Waals surface area (Å²) in [6, 6.07) is 4.79. The molecule has 0 aromatic heterocycles. The van der Waals surface area contributed by atoms with E-state index in [1.807, 2.05) is 7.05 Å². The second-order valence-electron chi connectivity index (χ2n) is 8.11. The zero-order valence-electron chi connectivity index (χ0n) is 18.3. The van der Waals surface area contributed by atoms with E-state index in [1.54, 1.807) is 14.2 Å². The van der Waals surface area contributed by atoms with Crippen LogP contribution in [0.3, 0.4) is 0 Å². The number of rotatable bonds is 5. The Morgan fingerprint density at radius 1 is 1.07 bits per heavy atom. The second kappa shape index (κ2) is 9.14. The summed E-state index contributed by atoms with van der Waals surface area (Å²) < 4.78 is 22.9. The van der Waals surface area contributed by atoms with Crippen LogP contribution >= 0.6 is 0 Å². The molecule has 1 aliphatic carbocycles. The molecule has 2 atom stereocenters. The fourth-order valence-corrected chi connectivity index (χ4v) is 4.42. The number of likely N-dealkylation sites (N-methyl/N-ethyl adjacent to an activating group) is 1. The largest absolute Gasteiger partial charge is 0.493 e. The zero-order chi connectivity index (χ0) is 21.1. The maximum Gasteiger partial charge on any atom is 0.161 e. The molecule has 1 saturated heterocycles. The second-order valence-corrected chi connectivity index (χ2v) is 8.11. The van der Waals surface area contributed by atoms with E-state index in [1.165, 1.54) is 22.3 Å². The Labute approximate surface area is 178 Å². The Morgan fingerprint density at radius 2 is 1.77 bits per heavy atom. The smallest absolute Gasteiger partial charge is 0.161 e. The molecule has 1 aromatic rings. The normalized spacial score (nSPS) is 23.6. The SMILES string of the molecule is CNC1CNC(Cc2cc3c(cc2C)OCCO3)C2=CC(OC)=C(OC)C=C(C2)C1. The third kappa shape index (κ3) is 4.35. The number of aryl methyl sites for hydroxylation is 1. The Bertz CT molecular complexity index is 887. The summed E-state index contributed by atoms with van der Waals surface area (Å²) in [5.74, 6) is 3.25. The van der Waals surface area contributed by atoms with Crippen LogP contribution in [0.2, 0.25) is 0 Å². The number of fused-ring (bicyclic) bond motifs is 3. The highest BCUT2D eigenvalue weighted by Gasteiger charge is 2.26. The summed E-state index contributed by atoms with van der Waals surface area (Å²) in [6.07, 6.45) is 7.04. The Balaban J connectivity index is 1.69. The lowest BCUT2D eigenvalue weighted by Crippen LogP contribution is -2.45.